The van der Waals surface area contributed by atoms with E-state index < -0.39 is 5.97 Å². The van der Waals surface area contributed by atoms with Gasteiger partial charge in [-0.25, -0.2) is 9.78 Å². The number of ether oxygens (including phenoxy) is 2. The average Bonchev–Trinajstić information content (AvgIpc) is 3.32. The molecule has 172 valence electrons. The van der Waals surface area contributed by atoms with E-state index in [1.165, 1.54) is 17.4 Å². The molecule has 0 unspecified atom stereocenters. The van der Waals surface area contributed by atoms with Crippen LogP contribution in [0.4, 0.5) is 5.13 Å². The summed E-state index contributed by atoms with van der Waals surface area (Å²) in [6.07, 6.45) is 1.64. The zero-order chi connectivity index (χ0) is 23.9. The van der Waals surface area contributed by atoms with E-state index in [9.17, 15) is 4.79 Å². The Bertz CT molecular complexity index is 1330. The van der Waals surface area contributed by atoms with Gasteiger partial charge in [0.2, 0.25) is 5.13 Å². The lowest BCUT2D eigenvalue weighted by Gasteiger charge is -2.11. The molecule has 34 heavy (non-hydrogen) atoms. The Balaban J connectivity index is 1.44. The van der Waals surface area contributed by atoms with Crippen LogP contribution in [0, 0.1) is 0 Å². The molecule has 0 atom stereocenters. The summed E-state index contributed by atoms with van der Waals surface area (Å²) in [5, 5.41) is 7.54. The van der Waals surface area contributed by atoms with Crippen LogP contribution in [0.1, 0.15) is 22.8 Å². The Labute approximate surface area is 210 Å². The van der Waals surface area contributed by atoms with Gasteiger partial charge in [0.25, 0.3) is 0 Å². The van der Waals surface area contributed by atoms with Crippen molar-refractivity contribution in [3.8, 4) is 22.8 Å². The molecule has 0 spiro atoms. The maximum atomic E-state index is 12.5. The van der Waals surface area contributed by atoms with Crippen molar-refractivity contribution in [2.75, 3.05) is 12.0 Å². The van der Waals surface area contributed by atoms with Gasteiger partial charge < -0.3 is 9.47 Å². The Kier molecular flexibility index (Phi) is 7.80. The molecule has 1 N–H and O–H groups in total. The standard InChI is InChI=1S/C25H19Cl2N3O3S/c1-2-32-23-12-16(8-11-22(23)33-24(31)18-9-10-19(26)20(27)13-18)14-28-30-25-29-21(15-34-25)17-6-4-3-5-7-17/h3-15H,2H2,1H3,(H,29,30)/b28-14+. The van der Waals surface area contributed by atoms with E-state index in [2.05, 4.69) is 15.5 Å². The molecule has 4 rings (SSSR count). The summed E-state index contributed by atoms with van der Waals surface area (Å²) in [5.74, 6) is 0.136. The number of aromatic nitrogens is 1. The molecule has 0 aliphatic carbocycles. The Morgan fingerprint density at radius 2 is 1.88 bits per heavy atom. The number of hydrogen-bond donors (Lipinski definition) is 1. The molecule has 0 aliphatic heterocycles. The highest BCUT2D eigenvalue weighted by Gasteiger charge is 2.14. The highest BCUT2D eigenvalue weighted by atomic mass is 35.5. The maximum Gasteiger partial charge on any atom is 0.343 e. The lowest BCUT2D eigenvalue weighted by Crippen LogP contribution is -2.10. The molecule has 0 saturated heterocycles. The van der Waals surface area contributed by atoms with Gasteiger partial charge in [0, 0.05) is 10.9 Å². The molecule has 0 fully saturated rings. The second kappa shape index (κ2) is 11.2. The number of nitrogens with one attached hydrogen (secondary N) is 1. The van der Waals surface area contributed by atoms with Crippen LogP contribution in [-0.4, -0.2) is 23.8 Å². The molecular weight excluding hydrogens is 493 g/mol. The van der Waals surface area contributed by atoms with Gasteiger partial charge in [-0.05, 0) is 48.9 Å². The number of hydrazone groups is 1. The fourth-order valence-electron chi connectivity index (χ4n) is 2.97. The number of nitrogens with zero attached hydrogens (tertiary/aromatic N) is 2. The van der Waals surface area contributed by atoms with Gasteiger partial charge in [0.1, 0.15) is 0 Å². The van der Waals surface area contributed by atoms with Crippen LogP contribution < -0.4 is 14.9 Å². The number of carbonyl (C=O) groups excluding carboxylic acids is 1. The van der Waals surface area contributed by atoms with Crippen molar-refractivity contribution in [1.82, 2.24) is 4.98 Å². The van der Waals surface area contributed by atoms with Crippen molar-refractivity contribution in [3.05, 3.63) is 93.3 Å². The van der Waals surface area contributed by atoms with E-state index in [0.29, 0.717) is 22.5 Å². The lowest BCUT2D eigenvalue weighted by molar-refractivity contribution is 0.0728. The number of halogens is 2. The van der Waals surface area contributed by atoms with Crippen molar-refractivity contribution in [2.45, 2.75) is 6.92 Å². The minimum absolute atomic E-state index is 0.274. The number of benzene rings is 3. The zero-order valence-electron chi connectivity index (χ0n) is 18.0. The van der Waals surface area contributed by atoms with Crippen LogP contribution in [0.3, 0.4) is 0 Å². The highest BCUT2D eigenvalue weighted by Crippen LogP contribution is 2.30. The lowest BCUT2D eigenvalue weighted by atomic mass is 10.2. The van der Waals surface area contributed by atoms with E-state index in [1.807, 2.05) is 42.6 Å². The fourth-order valence-corrected chi connectivity index (χ4v) is 3.93. The van der Waals surface area contributed by atoms with Gasteiger partial charge in [0.15, 0.2) is 11.5 Å². The summed E-state index contributed by atoms with van der Waals surface area (Å²) in [5.41, 5.74) is 5.91. The molecule has 6 nitrogen and oxygen atoms in total. The molecule has 0 saturated carbocycles. The van der Waals surface area contributed by atoms with Crippen molar-refractivity contribution >= 4 is 51.9 Å². The average molecular weight is 512 g/mol. The number of rotatable bonds is 8. The monoisotopic (exact) mass is 511 g/mol. The van der Waals surface area contributed by atoms with E-state index in [-0.39, 0.29) is 16.3 Å². The first kappa shape index (κ1) is 23.8. The first-order valence-corrected chi connectivity index (χ1v) is 11.9. The zero-order valence-corrected chi connectivity index (χ0v) is 20.3. The third kappa shape index (κ3) is 5.94. The summed E-state index contributed by atoms with van der Waals surface area (Å²) < 4.78 is 11.2. The van der Waals surface area contributed by atoms with E-state index in [1.54, 1.807) is 36.5 Å². The first-order valence-electron chi connectivity index (χ1n) is 10.3. The highest BCUT2D eigenvalue weighted by molar-refractivity contribution is 7.14. The van der Waals surface area contributed by atoms with Crippen LogP contribution in [-0.2, 0) is 0 Å². The predicted molar refractivity (Wildman–Crippen MR) is 138 cm³/mol. The Hall–Kier alpha value is -3.39. The molecule has 1 heterocycles. The van der Waals surface area contributed by atoms with Crippen LogP contribution in [0.15, 0.2) is 77.2 Å². The third-order valence-electron chi connectivity index (χ3n) is 4.57. The number of hydrogen-bond acceptors (Lipinski definition) is 7. The fraction of sp³-hybridized carbons (Fsp3) is 0.0800. The van der Waals surface area contributed by atoms with Gasteiger partial charge >= 0.3 is 5.97 Å². The Morgan fingerprint density at radius 3 is 2.65 bits per heavy atom. The van der Waals surface area contributed by atoms with Crippen molar-refractivity contribution in [1.29, 1.82) is 0 Å². The van der Waals surface area contributed by atoms with E-state index >= 15 is 0 Å². The quantitative estimate of drug-likeness (QED) is 0.117. The largest absolute Gasteiger partial charge is 0.490 e. The number of esters is 1. The summed E-state index contributed by atoms with van der Waals surface area (Å²) in [6.45, 7) is 2.25. The SMILES string of the molecule is CCOc1cc(/C=N/Nc2nc(-c3ccccc3)cs2)ccc1OC(=O)c1ccc(Cl)c(Cl)c1. The second-order valence-electron chi connectivity index (χ2n) is 6.93. The normalized spacial score (nSPS) is 10.9. The molecule has 3 aromatic carbocycles. The third-order valence-corrected chi connectivity index (χ3v) is 6.06. The maximum absolute atomic E-state index is 12.5. The van der Waals surface area contributed by atoms with Crippen molar-refractivity contribution < 1.29 is 14.3 Å². The summed E-state index contributed by atoms with van der Waals surface area (Å²) in [4.78, 5) is 17.1. The number of thiazole rings is 1. The Morgan fingerprint density at radius 1 is 1.06 bits per heavy atom. The molecular formula is C25H19Cl2N3O3S. The van der Waals surface area contributed by atoms with Crippen molar-refractivity contribution in [2.24, 2.45) is 5.10 Å². The van der Waals surface area contributed by atoms with E-state index in [4.69, 9.17) is 32.7 Å². The first-order chi connectivity index (χ1) is 16.5. The topological polar surface area (TPSA) is 72.8 Å². The number of carbonyl (C=O) groups is 1. The summed E-state index contributed by atoms with van der Waals surface area (Å²) in [7, 11) is 0. The van der Waals surface area contributed by atoms with Crippen molar-refractivity contribution in [3.63, 3.8) is 0 Å². The molecule has 1 aromatic heterocycles. The molecule has 0 bridgehead atoms. The molecule has 0 radical (unpaired) electrons. The molecule has 0 aliphatic rings. The predicted octanol–water partition coefficient (Wildman–Crippen LogP) is 7.18. The molecule has 0 amide bonds. The van der Waals surface area contributed by atoms with E-state index in [0.717, 1.165) is 16.8 Å². The van der Waals surface area contributed by atoms with Crippen LogP contribution >= 0.6 is 34.5 Å². The van der Waals surface area contributed by atoms with Crippen LogP contribution in [0.25, 0.3) is 11.3 Å². The van der Waals surface area contributed by atoms with Gasteiger partial charge in [-0.15, -0.1) is 11.3 Å². The smallest absolute Gasteiger partial charge is 0.343 e. The van der Waals surface area contributed by atoms with Gasteiger partial charge in [-0.2, -0.15) is 5.10 Å². The van der Waals surface area contributed by atoms with Crippen LogP contribution in [0.2, 0.25) is 10.0 Å². The van der Waals surface area contributed by atoms with Crippen LogP contribution in [0.5, 0.6) is 11.5 Å². The minimum Gasteiger partial charge on any atom is -0.490 e. The summed E-state index contributed by atoms with van der Waals surface area (Å²) >= 11 is 13.4. The van der Waals surface area contributed by atoms with Gasteiger partial charge in [-0.1, -0.05) is 53.5 Å². The number of anilines is 1. The van der Waals surface area contributed by atoms with Gasteiger partial charge in [0.05, 0.1) is 34.1 Å². The minimum atomic E-state index is -0.569. The second-order valence-corrected chi connectivity index (χ2v) is 8.60. The summed E-state index contributed by atoms with van der Waals surface area (Å²) in [6, 6.07) is 19.6. The van der Waals surface area contributed by atoms with Gasteiger partial charge in [-0.3, -0.25) is 5.43 Å². The molecule has 4 aromatic rings. The molecule has 9 heteroatoms.